The van der Waals surface area contributed by atoms with Crippen LogP contribution < -0.4 is 5.14 Å². The molecule has 3 rings (SSSR count). The number of H-pyrrole nitrogens is 1. The predicted octanol–water partition coefficient (Wildman–Crippen LogP) is -2.37. The van der Waals surface area contributed by atoms with Gasteiger partial charge in [-0.15, -0.1) is 0 Å². The molecule has 12 heteroatoms. The number of hydrogen-bond donors (Lipinski definition) is 6. The van der Waals surface area contributed by atoms with E-state index in [2.05, 4.69) is 15.2 Å². The van der Waals surface area contributed by atoms with E-state index in [-0.39, 0.29) is 16.5 Å². The van der Waals surface area contributed by atoms with Gasteiger partial charge >= 0.3 is 0 Å². The maximum Gasteiger partial charge on any atom is 0.238 e. The first-order valence-electron chi connectivity index (χ1n) is 7.58. The summed E-state index contributed by atoms with van der Waals surface area (Å²) in [4.78, 5) is 4.10. The molecule has 0 saturated carbocycles. The summed E-state index contributed by atoms with van der Waals surface area (Å²) in [5.41, 5.74) is 0.476. The summed E-state index contributed by atoms with van der Waals surface area (Å²) < 4.78 is 27.9. The lowest BCUT2D eigenvalue weighted by atomic mass is 9.95. The summed E-state index contributed by atoms with van der Waals surface area (Å²) in [6.07, 6.45) is -6.71. The molecule has 2 aromatic rings. The first-order valence-corrected chi connectivity index (χ1v) is 9.13. The van der Waals surface area contributed by atoms with E-state index in [4.69, 9.17) is 9.88 Å². The van der Waals surface area contributed by atoms with Crippen molar-refractivity contribution in [2.45, 2.75) is 35.4 Å². The molecule has 0 radical (unpaired) electrons. The van der Waals surface area contributed by atoms with E-state index in [0.717, 1.165) is 0 Å². The average Bonchev–Trinajstić information content (AvgIpc) is 3.09. The van der Waals surface area contributed by atoms with Gasteiger partial charge in [0, 0.05) is 5.56 Å². The number of aliphatic hydroxyl groups excluding tert-OH is 4. The van der Waals surface area contributed by atoms with Crippen LogP contribution in [0.5, 0.6) is 0 Å². The predicted molar refractivity (Wildman–Crippen MR) is 85.9 cm³/mol. The third kappa shape index (κ3) is 3.48. The first-order chi connectivity index (χ1) is 12.2. The summed E-state index contributed by atoms with van der Waals surface area (Å²) in [5, 5.41) is 50.5. The number of hydrogen-bond acceptors (Lipinski definition) is 9. The Morgan fingerprint density at radius 2 is 1.77 bits per heavy atom. The Morgan fingerprint density at radius 3 is 2.35 bits per heavy atom. The number of nitrogens with zero attached hydrogens (tertiary/aromatic N) is 2. The highest BCUT2D eigenvalue weighted by molar-refractivity contribution is 7.89. The van der Waals surface area contributed by atoms with Crippen LogP contribution in [-0.2, 0) is 14.8 Å². The third-order valence-corrected chi connectivity index (χ3v) is 5.03. The minimum absolute atomic E-state index is 0.0639. The number of benzene rings is 1. The molecule has 0 unspecified atom stereocenters. The minimum atomic E-state index is -3.82. The van der Waals surface area contributed by atoms with Crippen LogP contribution in [0.3, 0.4) is 0 Å². The van der Waals surface area contributed by atoms with Gasteiger partial charge in [-0.25, -0.2) is 18.5 Å². The van der Waals surface area contributed by atoms with Crippen molar-refractivity contribution in [2.75, 3.05) is 6.61 Å². The number of rotatable bonds is 4. The van der Waals surface area contributed by atoms with E-state index in [1.165, 1.54) is 24.3 Å². The second kappa shape index (κ2) is 7.00. The minimum Gasteiger partial charge on any atom is -0.394 e. The number of nitrogens with two attached hydrogens (primary N) is 1. The molecule has 1 aromatic heterocycles. The second-order valence-electron chi connectivity index (χ2n) is 5.86. The third-order valence-electron chi connectivity index (χ3n) is 4.11. The van der Waals surface area contributed by atoms with Crippen molar-refractivity contribution in [1.82, 2.24) is 15.2 Å². The van der Waals surface area contributed by atoms with Crippen molar-refractivity contribution in [3.63, 3.8) is 0 Å². The van der Waals surface area contributed by atoms with Gasteiger partial charge in [0.1, 0.15) is 30.5 Å². The van der Waals surface area contributed by atoms with Gasteiger partial charge in [-0.05, 0) is 24.3 Å². The normalized spacial score (nSPS) is 29.7. The van der Waals surface area contributed by atoms with E-state index in [9.17, 15) is 28.8 Å². The molecular weight excluding hydrogens is 368 g/mol. The van der Waals surface area contributed by atoms with Crippen LogP contribution in [0.2, 0.25) is 0 Å². The number of sulfonamides is 1. The van der Waals surface area contributed by atoms with Gasteiger partial charge in [0.05, 0.1) is 11.5 Å². The fourth-order valence-electron chi connectivity index (χ4n) is 2.65. The van der Waals surface area contributed by atoms with Crippen LogP contribution in [0.1, 0.15) is 11.9 Å². The van der Waals surface area contributed by atoms with Crippen LogP contribution in [0, 0.1) is 0 Å². The SMILES string of the molecule is NS(=O)(=O)c1ccc(-c2n[nH]c([C@@H]3O[C@H](CO)[C@@H](O)[C@H](O)[C@H]3O)n2)cc1. The van der Waals surface area contributed by atoms with Gasteiger partial charge in [-0.2, -0.15) is 5.10 Å². The van der Waals surface area contributed by atoms with Gasteiger partial charge in [0.15, 0.2) is 11.6 Å². The van der Waals surface area contributed by atoms with Crippen LogP contribution in [0.25, 0.3) is 11.4 Å². The quantitative estimate of drug-likeness (QED) is 0.333. The Labute approximate surface area is 148 Å². The summed E-state index contributed by atoms with van der Waals surface area (Å²) in [6.45, 7) is -0.558. The monoisotopic (exact) mass is 386 g/mol. The molecule has 0 spiro atoms. The van der Waals surface area contributed by atoms with Crippen LogP contribution in [0.15, 0.2) is 29.2 Å². The van der Waals surface area contributed by atoms with E-state index < -0.39 is 47.2 Å². The summed E-state index contributed by atoms with van der Waals surface area (Å²) in [5.74, 6) is 0.269. The van der Waals surface area contributed by atoms with Gasteiger partial charge in [0.25, 0.3) is 0 Å². The molecule has 1 aliphatic rings. The zero-order chi connectivity index (χ0) is 19.1. The van der Waals surface area contributed by atoms with E-state index in [1.54, 1.807) is 0 Å². The topological polar surface area (TPSA) is 192 Å². The van der Waals surface area contributed by atoms with E-state index in [1.807, 2.05) is 0 Å². The second-order valence-corrected chi connectivity index (χ2v) is 7.42. The van der Waals surface area contributed by atoms with Crippen LogP contribution in [-0.4, -0.2) is 75.0 Å². The molecule has 0 aliphatic carbocycles. The number of ether oxygens (including phenoxy) is 1. The van der Waals surface area contributed by atoms with Crippen molar-refractivity contribution in [3.05, 3.63) is 30.1 Å². The standard InChI is InChI=1S/C14H18N4O7S/c15-26(23,24)7-3-1-6(2-4-7)13-16-14(18-17-13)12-11(22)10(21)9(20)8(5-19)25-12/h1-4,8-12,19-22H,5H2,(H2,15,23,24)(H,16,17,18)/t8-,9-,10+,11-,12-/m1/s1. The Hall–Kier alpha value is -1.93. The van der Waals surface area contributed by atoms with Crippen molar-refractivity contribution < 1.29 is 33.6 Å². The van der Waals surface area contributed by atoms with Crippen molar-refractivity contribution in [2.24, 2.45) is 5.14 Å². The Bertz CT molecular complexity index is 868. The summed E-state index contributed by atoms with van der Waals surface area (Å²) >= 11 is 0. The van der Waals surface area contributed by atoms with E-state index >= 15 is 0 Å². The molecule has 1 aliphatic heterocycles. The molecule has 11 nitrogen and oxygen atoms in total. The molecule has 0 bridgehead atoms. The highest BCUT2D eigenvalue weighted by Gasteiger charge is 2.45. The lowest BCUT2D eigenvalue weighted by molar-refractivity contribution is -0.233. The van der Waals surface area contributed by atoms with Gasteiger partial charge < -0.3 is 25.2 Å². The molecule has 1 saturated heterocycles. The molecular formula is C14H18N4O7S. The molecule has 5 atom stereocenters. The lowest BCUT2D eigenvalue weighted by Gasteiger charge is -2.38. The molecule has 1 aromatic carbocycles. The zero-order valence-electron chi connectivity index (χ0n) is 13.3. The molecule has 0 amide bonds. The molecule has 1 fully saturated rings. The van der Waals surface area contributed by atoms with Crippen LogP contribution in [0.4, 0.5) is 0 Å². The fraction of sp³-hybridized carbons (Fsp3) is 0.429. The summed E-state index contributed by atoms with van der Waals surface area (Å²) in [6, 6.07) is 5.52. The van der Waals surface area contributed by atoms with Crippen molar-refractivity contribution in [1.29, 1.82) is 0 Å². The Morgan fingerprint density at radius 1 is 1.12 bits per heavy atom. The Kier molecular flexibility index (Phi) is 5.07. The lowest BCUT2D eigenvalue weighted by Crippen LogP contribution is -2.55. The smallest absolute Gasteiger partial charge is 0.238 e. The van der Waals surface area contributed by atoms with Gasteiger partial charge in [0.2, 0.25) is 10.0 Å². The molecule has 142 valence electrons. The molecule has 2 heterocycles. The van der Waals surface area contributed by atoms with Crippen LogP contribution >= 0.6 is 0 Å². The number of aromatic nitrogens is 3. The highest BCUT2D eigenvalue weighted by atomic mass is 32.2. The van der Waals surface area contributed by atoms with E-state index in [0.29, 0.717) is 5.56 Å². The Balaban J connectivity index is 1.85. The fourth-order valence-corrected chi connectivity index (χ4v) is 3.17. The largest absolute Gasteiger partial charge is 0.394 e. The maximum absolute atomic E-state index is 11.3. The molecule has 7 N–H and O–H groups in total. The highest BCUT2D eigenvalue weighted by Crippen LogP contribution is 2.31. The maximum atomic E-state index is 11.3. The van der Waals surface area contributed by atoms with Gasteiger partial charge in [-0.3, -0.25) is 5.10 Å². The number of primary sulfonamides is 1. The first kappa shape index (κ1) is 18.8. The zero-order valence-corrected chi connectivity index (χ0v) is 14.1. The number of aliphatic hydroxyl groups is 4. The van der Waals surface area contributed by atoms with Gasteiger partial charge in [-0.1, -0.05) is 0 Å². The van der Waals surface area contributed by atoms with Crippen molar-refractivity contribution >= 4 is 10.0 Å². The number of nitrogens with one attached hydrogen (secondary N) is 1. The number of aromatic amines is 1. The summed E-state index contributed by atoms with van der Waals surface area (Å²) in [7, 11) is -3.82. The average molecular weight is 386 g/mol. The van der Waals surface area contributed by atoms with Crippen molar-refractivity contribution in [3.8, 4) is 11.4 Å². The molecule has 26 heavy (non-hydrogen) atoms.